The van der Waals surface area contributed by atoms with E-state index < -0.39 is 0 Å². The fourth-order valence-electron chi connectivity index (χ4n) is 2.45. The predicted molar refractivity (Wildman–Crippen MR) is 69.3 cm³/mol. The van der Waals surface area contributed by atoms with Gasteiger partial charge >= 0.3 is 0 Å². The van der Waals surface area contributed by atoms with Gasteiger partial charge in [0, 0.05) is 0 Å². The minimum atomic E-state index is -0.278. The normalized spacial score (nSPS) is 18.2. The minimum Gasteiger partial charge on any atom is -0.493 e. The van der Waals surface area contributed by atoms with Crippen LogP contribution in [0.15, 0.2) is 24.3 Å². The molecule has 1 saturated carbocycles. The average molecular weight is 234 g/mol. The lowest BCUT2D eigenvalue weighted by Gasteiger charge is -2.12. The molecule has 0 heterocycles. The molecule has 94 valence electrons. The van der Waals surface area contributed by atoms with Crippen molar-refractivity contribution >= 4 is 0 Å². The van der Waals surface area contributed by atoms with E-state index in [1.165, 1.54) is 25.7 Å². The van der Waals surface area contributed by atoms with Gasteiger partial charge in [-0.1, -0.05) is 25.0 Å². The van der Waals surface area contributed by atoms with E-state index in [9.17, 15) is 5.11 Å². The summed E-state index contributed by atoms with van der Waals surface area (Å²) in [6.07, 6.45) is 5.80. The molecule has 0 spiro atoms. The molecule has 1 atom stereocenters. The fraction of sp³-hybridized carbons (Fsp3) is 0.600. The smallest absolute Gasteiger partial charge is 0.119 e. The molecule has 1 N–H and O–H groups in total. The molecule has 0 aliphatic heterocycles. The Bertz CT molecular complexity index is 323. The molecule has 0 amide bonds. The van der Waals surface area contributed by atoms with Crippen molar-refractivity contribution < 1.29 is 9.84 Å². The molecule has 17 heavy (non-hydrogen) atoms. The number of ether oxygens (including phenoxy) is 1. The zero-order valence-corrected chi connectivity index (χ0v) is 10.6. The Labute approximate surface area is 104 Å². The lowest BCUT2D eigenvalue weighted by Crippen LogP contribution is -2.08. The molecule has 2 rings (SSSR count). The number of hydrogen-bond acceptors (Lipinski definition) is 2. The van der Waals surface area contributed by atoms with Crippen LogP contribution in [-0.2, 0) is 6.42 Å². The van der Waals surface area contributed by atoms with Crippen molar-refractivity contribution in [1.82, 2.24) is 0 Å². The quantitative estimate of drug-likeness (QED) is 0.848. The Kier molecular flexibility index (Phi) is 4.43. The zero-order valence-electron chi connectivity index (χ0n) is 10.6. The Morgan fingerprint density at radius 2 is 1.88 bits per heavy atom. The van der Waals surface area contributed by atoms with Crippen LogP contribution >= 0.6 is 0 Å². The lowest BCUT2D eigenvalue weighted by molar-refractivity contribution is 0.195. The monoisotopic (exact) mass is 234 g/mol. The first-order valence-electron chi connectivity index (χ1n) is 6.64. The maximum absolute atomic E-state index is 9.29. The van der Waals surface area contributed by atoms with Gasteiger partial charge in [-0.2, -0.15) is 0 Å². The van der Waals surface area contributed by atoms with Crippen LogP contribution in [0.25, 0.3) is 0 Å². The van der Waals surface area contributed by atoms with Crippen LogP contribution in [0, 0.1) is 5.92 Å². The van der Waals surface area contributed by atoms with Crippen LogP contribution in [0.2, 0.25) is 0 Å². The molecule has 0 saturated heterocycles. The van der Waals surface area contributed by atoms with Crippen molar-refractivity contribution in [1.29, 1.82) is 0 Å². The van der Waals surface area contributed by atoms with Gasteiger partial charge in [-0.3, -0.25) is 0 Å². The van der Waals surface area contributed by atoms with E-state index in [2.05, 4.69) is 0 Å². The Hall–Kier alpha value is -1.02. The summed E-state index contributed by atoms with van der Waals surface area (Å²) >= 11 is 0. The standard InChI is InChI=1S/C15H22O2/c1-12(16)10-13-6-8-15(9-7-13)17-11-14-4-2-3-5-14/h6-9,12,14,16H,2-5,10-11H2,1H3. The van der Waals surface area contributed by atoms with Gasteiger partial charge in [0.05, 0.1) is 12.7 Å². The fourth-order valence-corrected chi connectivity index (χ4v) is 2.45. The van der Waals surface area contributed by atoms with Gasteiger partial charge in [-0.15, -0.1) is 0 Å². The van der Waals surface area contributed by atoms with Gasteiger partial charge in [0.1, 0.15) is 5.75 Å². The molecule has 0 radical (unpaired) electrons. The number of aliphatic hydroxyl groups excluding tert-OH is 1. The zero-order chi connectivity index (χ0) is 12.1. The predicted octanol–water partition coefficient (Wildman–Crippen LogP) is 3.18. The lowest BCUT2D eigenvalue weighted by atomic mass is 10.1. The number of benzene rings is 1. The van der Waals surface area contributed by atoms with E-state index in [0.717, 1.165) is 23.8 Å². The van der Waals surface area contributed by atoms with Crippen molar-refractivity contribution in [3.63, 3.8) is 0 Å². The Morgan fingerprint density at radius 1 is 1.24 bits per heavy atom. The van der Waals surface area contributed by atoms with Crippen LogP contribution in [-0.4, -0.2) is 17.8 Å². The molecule has 0 aromatic heterocycles. The summed E-state index contributed by atoms with van der Waals surface area (Å²) in [4.78, 5) is 0. The maximum Gasteiger partial charge on any atom is 0.119 e. The highest BCUT2D eigenvalue weighted by Gasteiger charge is 2.15. The van der Waals surface area contributed by atoms with Crippen molar-refractivity contribution in [2.45, 2.75) is 45.1 Å². The van der Waals surface area contributed by atoms with E-state index in [-0.39, 0.29) is 6.10 Å². The van der Waals surface area contributed by atoms with Gasteiger partial charge in [-0.05, 0) is 49.8 Å². The molecule has 1 fully saturated rings. The van der Waals surface area contributed by atoms with Crippen molar-refractivity contribution in [3.8, 4) is 5.75 Å². The molecular weight excluding hydrogens is 212 g/mol. The summed E-state index contributed by atoms with van der Waals surface area (Å²) in [6.45, 7) is 2.67. The van der Waals surface area contributed by atoms with E-state index in [0.29, 0.717) is 6.42 Å². The summed E-state index contributed by atoms with van der Waals surface area (Å²) in [5.41, 5.74) is 1.16. The highest BCUT2D eigenvalue weighted by atomic mass is 16.5. The molecule has 1 aliphatic rings. The summed E-state index contributed by atoms with van der Waals surface area (Å²) in [6, 6.07) is 8.09. The number of rotatable bonds is 5. The SMILES string of the molecule is CC(O)Cc1ccc(OCC2CCCC2)cc1. The molecular formula is C15H22O2. The second-order valence-electron chi connectivity index (χ2n) is 5.16. The molecule has 0 bridgehead atoms. The summed E-state index contributed by atoms with van der Waals surface area (Å²) in [5.74, 6) is 1.71. The van der Waals surface area contributed by atoms with Crippen LogP contribution < -0.4 is 4.74 Å². The van der Waals surface area contributed by atoms with Crippen LogP contribution in [0.3, 0.4) is 0 Å². The Morgan fingerprint density at radius 3 is 2.47 bits per heavy atom. The van der Waals surface area contributed by atoms with Gasteiger partial charge in [0.15, 0.2) is 0 Å². The van der Waals surface area contributed by atoms with Crippen molar-refractivity contribution in [3.05, 3.63) is 29.8 Å². The highest BCUT2D eigenvalue weighted by Crippen LogP contribution is 2.25. The van der Waals surface area contributed by atoms with Gasteiger partial charge < -0.3 is 9.84 Å². The molecule has 1 aromatic carbocycles. The number of aliphatic hydroxyl groups is 1. The summed E-state index contributed by atoms with van der Waals surface area (Å²) < 4.78 is 5.79. The van der Waals surface area contributed by atoms with Crippen molar-refractivity contribution in [2.24, 2.45) is 5.92 Å². The average Bonchev–Trinajstić information content (AvgIpc) is 2.80. The second kappa shape index (κ2) is 6.06. The number of hydrogen-bond donors (Lipinski definition) is 1. The van der Waals surface area contributed by atoms with E-state index in [1.54, 1.807) is 0 Å². The molecule has 1 aromatic rings. The van der Waals surface area contributed by atoms with Crippen molar-refractivity contribution in [2.75, 3.05) is 6.61 Å². The highest BCUT2D eigenvalue weighted by molar-refractivity contribution is 5.27. The summed E-state index contributed by atoms with van der Waals surface area (Å²) in [5, 5.41) is 9.29. The Balaban J connectivity index is 1.80. The molecule has 2 nitrogen and oxygen atoms in total. The van der Waals surface area contributed by atoms with E-state index in [4.69, 9.17) is 4.74 Å². The topological polar surface area (TPSA) is 29.5 Å². The largest absolute Gasteiger partial charge is 0.493 e. The molecule has 2 heteroatoms. The van der Waals surface area contributed by atoms with Gasteiger partial charge in [-0.25, -0.2) is 0 Å². The second-order valence-corrected chi connectivity index (χ2v) is 5.16. The first-order valence-corrected chi connectivity index (χ1v) is 6.64. The van der Waals surface area contributed by atoms with Crippen LogP contribution in [0.4, 0.5) is 0 Å². The third-order valence-corrected chi connectivity index (χ3v) is 3.41. The van der Waals surface area contributed by atoms with Gasteiger partial charge in [0.2, 0.25) is 0 Å². The first kappa shape index (κ1) is 12.4. The van der Waals surface area contributed by atoms with Crippen LogP contribution in [0.1, 0.15) is 38.2 Å². The minimum absolute atomic E-state index is 0.278. The van der Waals surface area contributed by atoms with Gasteiger partial charge in [0.25, 0.3) is 0 Å². The third kappa shape index (κ3) is 4.04. The third-order valence-electron chi connectivity index (χ3n) is 3.41. The summed E-state index contributed by atoms with van der Waals surface area (Å²) in [7, 11) is 0. The molecule has 1 aliphatic carbocycles. The van der Waals surface area contributed by atoms with Crippen LogP contribution in [0.5, 0.6) is 5.75 Å². The first-order chi connectivity index (χ1) is 8.24. The van der Waals surface area contributed by atoms with E-state index >= 15 is 0 Å². The molecule has 1 unspecified atom stereocenters. The van der Waals surface area contributed by atoms with E-state index in [1.807, 2.05) is 31.2 Å². The maximum atomic E-state index is 9.29.